The number of anilines is 1. The van der Waals surface area contributed by atoms with Crippen LogP contribution in [0.4, 0.5) is 5.82 Å². The maximum Gasteiger partial charge on any atom is 0.222 e. The predicted octanol–water partition coefficient (Wildman–Crippen LogP) is 1.75. The molecule has 0 saturated heterocycles. The van der Waals surface area contributed by atoms with E-state index in [1.54, 1.807) is 0 Å². The van der Waals surface area contributed by atoms with E-state index in [0.29, 0.717) is 17.6 Å². The quantitative estimate of drug-likeness (QED) is 0.589. The molecule has 0 fully saturated rings. The molecule has 0 aliphatic rings. The molecule has 0 spiro atoms. The fourth-order valence-electron chi connectivity index (χ4n) is 1.25. The summed E-state index contributed by atoms with van der Waals surface area (Å²) in [5, 5.41) is 0. The Balaban J connectivity index is 2.95. The summed E-state index contributed by atoms with van der Waals surface area (Å²) in [5.41, 5.74) is 3.47. The van der Waals surface area contributed by atoms with Crippen molar-refractivity contribution in [2.75, 3.05) is 5.43 Å². The molecule has 5 heteroatoms. The molecule has 1 rings (SSSR count). The monoisotopic (exact) mass is 224 g/mol. The molecular formula is C11H20N4O. The largest absolute Gasteiger partial charge is 0.474 e. The van der Waals surface area contributed by atoms with Crippen LogP contribution in [0.2, 0.25) is 0 Å². The number of nitrogen functional groups attached to an aromatic ring is 1. The van der Waals surface area contributed by atoms with Crippen molar-refractivity contribution in [1.82, 2.24) is 9.97 Å². The first-order chi connectivity index (χ1) is 7.60. The number of aromatic nitrogens is 2. The minimum atomic E-state index is 0.117. The van der Waals surface area contributed by atoms with Crippen LogP contribution < -0.4 is 16.0 Å². The van der Waals surface area contributed by atoms with Crippen LogP contribution in [0.1, 0.15) is 33.3 Å². The van der Waals surface area contributed by atoms with Gasteiger partial charge in [0.25, 0.3) is 0 Å². The van der Waals surface area contributed by atoms with Crippen molar-refractivity contribution < 1.29 is 4.74 Å². The van der Waals surface area contributed by atoms with Gasteiger partial charge in [0, 0.05) is 0 Å². The van der Waals surface area contributed by atoms with Crippen molar-refractivity contribution in [3.8, 4) is 5.88 Å². The number of nitrogens with one attached hydrogen (secondary N) is 1. The van der Waals surface area contributed by atoms with E-state index in [0.717, 1.165) is 12.0 Å². The fraction of sp³-hybridized carbons (Fsp3) is 0.636. The third-order valence-corrected chi connectivity index (χ3v) is 2.63. The van der Waals surface area contributed by atoms with Gasteiger partial charge < -0.3 is 10.2 Å². The highest BCUT2D eigenvalue weighted by Crippen LogP contribution is 2.23. The first-order valence-electron chi connectivity index (χ1n) is 5.57. The van der Waals surface area contributed by atoms with E-state index < -0.39 is 0 Å². The number of ether oxygens (including phenoxy) is 1. The molecule has 16 heavy (non-hydrogen) atoms. The lowest BCUT2D eigenvalue weighted by molar-refractivity contribution is 0.161. The molecule has 3 N–H and O–H groups in total. The van der Waals surface area contributed by atoms with Crippen LogP contribution in [0.3, 0.4) is 0 Å². The summed E-state index contributed by atoms with van der Waals surface area (Å²) in [7, 11) is 0. The van der Waals surface area contributed by atoms with E-state index in [-0.39, 0.29) is 6.10 Å². The maximum atomic E-state index is 5.79. The molecule has 1 atom stereocenters. The number of nitrogens with zero attached hydrogens (tertiary/aromatic N) is 2. The zero-order valence-corrected chi connectivity index (χ0v) is 10.3. The van der Waals surface area contributed by atoms with Gasteiger partial charge in [-0.3, -0.25) is 0 Å². The van der Waals surface area contributed by atoms with Gasteiger partial charge >= 0.3 is 0 Å². The zero-order valence-electron chi connectivity index (χ0n) is 10.3. The molecule has 0 bridgehead atoms. The van der Waals surface area contributed by atoms with Gasteiger partial charge in [0.2, 0.25) is 5.88 Å². The molecule has 1 unspecified atom stereocenters. The fourth-order valence-corrected chi connectivity index (χ4v) is 1.25. The number of nitrogens with two attached hydrogens (primary N) is 1. The number of hydrogen-bond donors (Lipinski definition) is 2. The van der Waals surface area contributed by atoms with E-state index in [4.69, 9.17) is 10.6 Å². The second-order valence-corrected chi connectivity index (χ2v) is 4.07. The van der Waals surface area contributed by atoms with Gasteiger partial charge in [0.15, 0.2) is 0 Å². The molecule has 0 aliphatic heterocycles. The summed E-state index contributed by atoms with van der Waals surface area (Å²) >= 11 is 0. The van der Waals surface area contributed by atoms with Gasteiger partial charge in [-0.05, 0) is 19.3 Å². The summed E-state index contributed by atoms with van der Waals surface area (Å²) in [6.45, 7) is 8.27. The third kappa shape index (κ3) is 2.82. The van der Waals surface area contributed by atoms with Crippen LogP contribution in [0.5, 0.6) is 5.88 Å². The molecule has 0 amide bonds. The Hall–Kier alpha value is -1.36. The minimum Gasteiger partial charge on any atom is -0.474 e. The maximum absolute atomic E-state index is 5.79. The summed E-state index contributed by atoms with van der Waals surface area (Å²) < 4.78 is 5.79. The van der Waals surface area contributed by atoms with Crippen molar-refractivity contribution in [3.05, 3.63) is 11.9 Å². The van der Waals surface area contributed by atoms with Gasteiger partial charge in [0.05, 0.1) is 11.7 Å². The van der Waals surface area contributed by atoms with Crippen LogP contribution in [0.15, 0.2) is 6.33 Å². The Morgan fingerprint density at radius 3 is 2.56 bits per heavy atom. The first-order valence-corrected chi connectivity index (χ1v) is 5.57. The van der Waals surface area contributed by atoms with E-state index in [9.17, 15) is 0 Å². The topological polar surface area (TPSA) is 73.1 Å². The molecular weight excluding hydrogens is 204 g/mol. The van der Waals surface area contributed by atoms with Gasteiger partial charge in [0.1, 0.15) is 12.1 Å². The Morgan fingerprint density at radius 1 is 1.38 bits per heavy atom. The normalized spacial score (nSPS) is 12.6. The average Bonchev–Trinajstić information content (AvgIpc) is 2.28. The predicted molar refractivity (Wildman–Crippen MR) is 64.1 cm³/mol. The summed E-state index contributed by atoms with van der Waals surface area (Å²) in [6, 6.07) is 0. The van der Waals surface area contributed by atoms with Crippen molar-refractivity contribution in [3.63, 3.8) is 0 Å². The zero-order chi connectivity index (χ0) is 12.1. The van der Waals surface area contributed by atoms with Crippen molar-refractivity contribution in [1.29, 1.82) is 0 Å². The van der Waals surface area contributed by atoms with Crippen LogP contribution in [-0.4, -0.2) is 16.1 Å². The lowest BCUT2D eigenvalue weighted by Crippen LogP contribution is -2.21. The molecule has 0 radical (unpaired) electrons. The molecule has 0 saturated carbocycles. The third-order valence-electron chi connectivity index (χ3n) is 2.63. The van der Waals surface area contributed by atoms with Crippen LogP contribution >= 0.6 is 0 Å². The van der Waals surface area contributed by atoms with Gasteiger partial charge in [-0.15, -0.1) is 0 Å². The van der Waals surface area contributed by atoms with E-state index in [1.165, 1.54) is 6.33 Å². The lowest BCUT2D eigenvalue weighted by atomic mass is 10.1. The van der Waals surface area contributed by atoms with Gasteiger partial charge in [-0.25, -0.2) is 15.8 Å². The van der Waals surface area contributed by atoms with Crippen LogP contribution in [-0.2, 0) is 6.42 Å². The van der Waals surface area contributed by atoms with Crippen molar-refractivity contribution in [2.45, 2.75) is 40.2 Å². The standard InChI is InChI=1S/C11H20N4O/c1-5-9-10(15-12)13-6-14-11(9)16-8(4)7(2)3/h6-8H,5,12H2,1-4H3,(H,13,14,15). The minimum absolute atomic E-state index is 0.117. The molecule has 90 valence electrons. The Morgan fingerprint density at radius 2 is 2.06 bits per heavy atom. The van der Waals surface area contributed by atoms with Crippen molar-refractivity contribution >= 4 is 5.82 Å². The average molecular weight is 224 g/mol. The smallest absolute Gasteiger partial charge is 0.222 e. The number of rotatable bonds is 5. The van der Waals surface area contributed by atoms with E-state index >= 15 is 0 Å². The highest BCUT2D eigenvalue weighted by molar-refractivity contribution is 5.47. The van der Waals surface area contributed by atoms with Crippen LogP contribution in [0, 0.1) is 5.92 Å². The van der Waals surface area contributed by atoms with Crippen molar-refractivity contribution in [2.24, 2.45) is 11.8 Å². The highest BCUT2D eigenvalue weighted by Gasteiger charge is 2.15. The molecule has 1 aromatic heterocycles. The molecule has 0 aliphatic carbocycles. The van der Waals surface area contributed by atoms with E-state index in [2.05, 4.69) is 29.2 Å². The lowest BCUT2D eigenvalue weighted by Gasteiger charge is -2.19. The van der Waals surface area contributed by atoms with E-state index in [1.807, 2.05) is 13.8 Å². The second-order valence-electron chi connectivity index (χ2n) is 4.07. The van der Waals surface area contributed by atoms with Crippen LogP contribution in [0.25, 0.3) is 0 Å². The molecule has 5 nitrogen and oxygen atoms in total. The summed E-state index contributed by atoms with van der Waals surface area (Å²) in [6.07, 6.45) is 2.35. The highest BCUT2D eigenvalue weighted by atomic mass is 16.5. The number of hydrazine groups is 1. The Labute approximate surface area is 96.4 Å². The Bertz CT molecular complexity index is 341. The Kier molecular flexibility index (Phi) is 4.49. The summed E-state index contributed by atoms with van der Waals surface area (Å²) in [5.74, 6) is 7.07. The first kappa shape index (κ1) is 12.7. The molecule has 1 aromatic rings. The SMILES string of the molecule is CCc1c(NN)ncnc1OC(C)C(C)C. The second kappa shape index (κ2) is 5.65. The molecule has 1 heterocycles. The van der Waals surface area contributed by atoms with Gasteiger partial charge in [-0.1, -0.05) is 20.8 Å². The summed E-state index contributed by atoms with van der Waals surface area (Å²) in [4.78, 5) is 8.21. The number of hydrogen-bond acceptors (Lipinski definition) is 5. The van der Waals surface area contributed by atoms with Gasteiger partial charge in [-0.2, -0.15) is 0 Å². The molecule has 0 aromatic carbocycles.